The molecule has 2 N–H and O–H groups in total. The molecule has 0 unspecified atom stereocenters. The minimum absolute atomic E-state index is 0.0571. The van der Waals surface area contributed by atoms with Crippen LogP contribution >= 0.6 is 15.9 Å². The number of aliphatic hydroxyl groups is 2. The number of benzene rings is 3. The van der Waals surface area contributed by atoms with E-state index < -0.39 is 0 Å². The summed E-state index contributed by atoms with van der Waals surface area (Å²) in [4.78, 5) is 8.89. The van der Waals surface area contributed by atoms with Gasteiger partial charge in [0.1, 0.15) is 36.4 Å². The normalized spacial score (nSPS) is 11.6. The van der Waals surface area contributed by atoms with Crippen molar-refractivity contribution in [1.29, 1.82) is 0 Å². The fourth-order valence-electron chi connectivity index (χ4n) is 4.86. The van der Waals surface area contributed by atoms with Gasteiger partial charge in [0.2, 0.25) is 0 Å². The van der Waals surface area contributed by atoms with Crippen molar-refractivity contribution in [2.75, 3.05) is 26.4 Å². The smallest absolute Gasteiger partial charge is 0.135 e. The molecule has 2 heterocycles. The summed E-state index contributed by atoms with van der Waals surface area (Å²) in [6, 6.07) is 19.9. The van der Waals surface area contributed by atoms with Crippen molar-refractivity contribution in [2.24, 2.45) is 0 Å². The number of hydrogen-bond donors (Lipinski definition) is 2. The predicted molar refractivity (Wildman–Crippen MR) is 177 cm³/mol. The Balaban J connectivity index is 0.000000223. The fourth-order valence-corrected chi connectivity index (χ4v) is 5.21. The molecule has 5 aromatic rings. The number of aromatic nitrogens is 4. The Kier molecular flexibility index (Phi) is 11.9. The number of halogens is 1. The van der Waals surface area contributed by atoms with Crippen LogP contribution in [0.1, 0.15) is 51.8 Å². The van der Waals surface area contributed by atoms with Gasteiger partial charge in [0, 0.05) is 36.8 Å². The molecule has 236 valence electrons. The number of hydrogen-bond acceptors (Lipinski definition) is 7. The van der Waals surface area contributed by atoms with Gasteiger partial charge in [-0.05, 0) is 67.3 Å². The van der Waals surface area contributed by atoms with Gasteiger partial charge in [-0.3, -0.25) is 0 Å². The number of rotatable bonds is 12. The Labute approximate surface area is 267 Å². The molecule has 0 radical (unpaired) electrons. The van der Waals surface area contributed by atoms with Crippen molar-refractivity contribution < 1.29 is 24.4 Å². The molecule has 2 aromatic heterocycles. The minimum atomic E-state index is -0.106. The highest BCUT2D eigenvalue weighted by Gasteiger charge is 2.14. The number of nitrogens with zero attached hydrogens (tertiary/aromatic N) is 4. The zero-order valence-electron chi connectivity index (χ0n) is 26.2. The van der Waals surface area contributed by atoms with Gasteiger partial charge in [-0.15, -0.1) is 0 Å². The van der Waals surface area contributed by atoms with Crippen LogP contribution in [0.2, 0.25) is 0 Å². The monoisotopic (exact) mass is 666 g/mol. The first-order valence-corrected chi connectivity index (χ1v) is 15.8. The standard InChI is InChI=1S/C22H28N2O3.C12H15BrN2O2/c1-5-26-13-12-24-20-14-18(10-11-19(20)23-21(24)15-25)27-17-8-6-16(7-9-17)22(2,3)4;1-2-17-6-5-15-11-7-9(13)3-4-10(11)14-12(15)8-16/h6-11,14,25H,5,12-13,15H2,1-4H3;3-4,7,16H,2,5-6,8H2,1H3. The quantitative estimate of drug-likeness (QED) is 0.138. The van der Waals surface area contributed by atoms with Crippen molar-refractivity contribution in [1.82, 2.24) is 19.1 Å². The lowest BCUT2D eigenvalue weighted by Gasteiger charge is -2.19. The van der Waals surface area contributed by atoms with Gasteiger partial charge in [-0.1, -0.05) is 48.8 Å². The maximum atomic E-state index is 9.62. The topological polar surface area (TPSA) is 104 Å². The highest BCUT2D eigenvalue weighted by molar-refractivity contribution is 9.10. The molecule has 44 heavy (non-hydrogen) atoms. The summed E-state index contributed by atoms with van der Waals surface area (Å²) in [5, 5.41) is 18.9. The maximum absolute atomic E-state index is 9.62. The first kappa shape index (κ1) is 33.6. The van der Waals surface area contributed by atoms with Gasteiger partial charge in [0.25, 0.3) is 0 Å². The summed E-state index contributed by atoms with van der Waals surface area (Å²) in [6.07, 6.45) is 0. The van der Waals surface area contributed by atoms with Gasteiger partial charge in [-0.2, -0.15) is 0 Å². The summed E-state index contributed by atoms with van der Waals surface area (Å²) >= 11 is 3.44. The van der Waals surface area contributed by atoms with Crippen LogP contribution in [0, 0.1) is 0 Å². The van der Waals surface area contributed by atoms with E-state index in [-0.39, 0.29) is 18.6 Å². The third kappa shape index (κ3) is 8.46. The van der Waals surface area contributed by atoms with E-state index in [0.29, 0.717) is 51.2 Å². The van der Waals surface area contributed by atoms with Crippen LogP contribution in [0.4, 0.5) is 0 Å². The Morgan fingerprint density at radius 1 is 0.705 bits per heavy atom. The van der Waals surface area contributed by atoms with Crippen molar-refractivity contribution in [3.63, 3.8) is 0 Å². The van der Waals surface area contributed by atoms with Crippen molar-refractivity contribution >= 4 is 38.0 Å². The average Bonchev–Trinajstić information content (AvgIpc) is 3.54. The lowest BCUT2D eigenvalue weighted by Crippen LogP contribution is -2.10. The molecule has 10 heteroatoms. The van der Waals surface area contributed by atoms with Crippen LogP contribution in [0.3, 0.4) is 0 Å². The molecule has 0 aliphatic rings. The molecule has 3 aromatic carbocycles. The number of fused-ring (bicyclic) bond motifs is 2. The molecule has 0 amide bonds. The fraction of sp³-hybridized carbons (Fsp3) is 0.412. The van der Waals surface area contributed by atoms with Crippen LogP contribution in [0.15, 0.2) is 65.1 Å². The Hall–Kier alpha value is -3.28. The highest BCUT2D eigenvalue weighted by atomic mass is 79.9. The summed E-state index contributed by atoms with van der Waals surface area (Å²) < 4.78 is 21.8. The molecule has 5 rings (SSSR count). The third-order valence-corrected chi connectivity index (χ3v) is 7.65. The summed E-state index contributed by atoms with van der Waals surface area (Å²) in [6.45, 7) is 14.3. The van der Waals surface area contributed by atoms with E-state index in [0.717, 1.165) is 38.0 Å². The third-order valence-electron chi connectivity index (χ3n) is 7.15. The SMILES string of the molecule is CCOCCn1c(CO)nc2ccc(Br)cc21.CCOCCn1c(CO)nc2ccc(Oc3ccc(C(C)(C)C)cc3)cc21. The van der Waals surface area contributed by atoms with Crippen molar-refractivity contribution in [2.45, 2.75) is 66.3 Å². The van der Waals surface area contributed by atoms with Crippen LogP contribution in [0.5, 0.6) is 11.5 Å². The first-order chi connectivity index (χ1) is 21.2. The molecular weight excluding hydrogens is 624 g/mol. The molecule has 0 bridgehead atoms. The van der Waals surface area contributed by atoms with Crippen LogP contribution in [-0.2, 0) is 41.2 Å². The van der Waals surface area contributed by atoms with E-state index in [1.54, 1.807) is 0 Å². The number of imidazole rings is 2. The molecule has 0 aliphatic carbocycles. The zero-order chi connectivity index (χ0) is 31.7. The molecule has 0 saturated carbocycles. The highest BCUT2D eigenvalue weighted by Crippen LogP contribution is 2.29. The lowest BCUT2D eigenvalue weighted by molar-refractivity contribution is 0.137. The van der Waals surface area contributed by atoms with Gasteiger partial charge in [0.05, 0.1) is 35.3 Å². The summed E-state index contributed by atoms with van der Waals surface area (Å²) in [5.74, 6) is 2.85. The first-order valence-electron chi connectivity index (χ1n) is 15.0. The molecule has 9 nitrogen and oxygen atoms in total. The number of aliphatic hydroxyl groups excluding tert-OH is 2. The van der Waals surface area contributed by atoms with E-state index >= 15 is 0 Å². The van der Waals surface area contributed by atoms with Crippen molar-refractivity contribution in [3.05, 3.63) is 82.3 Å². The Bertz CT molecular complexity index is 1640. The summed E-state index contributed by atoms with van der Waals surface area (Å²) in [7, 11) is 0. The zero-order valence-corrected chi connectivity index (χ0v) is 27.8. The van der Waals surface area contributed by atoms with E-state index in [1.807, 2.05) is 71.5 Å². The summed E-state index contributed by atoms with van der Waals surface area (Å²) in [5.41, 5.74) is 5.07. The van der Waals surface area contributed by atoms with E-state index in [1.165, 1.54) is 5.56 Å². The Morgan fingerprint density at radius 3 is 1.70 bits per heavy atom. The van der Waals surface area contributed by atoms with Gasteiger partial charge in [-0.25, -0.2) is 9.97 Å². The lowest BCUT2D eigenvalue weighted by atomic mass is 9.87. The molecule has 0 fully saturated rings. The molecule has 0 atom stereocenters. The minimum Gasteiger partial charge on any atom is -0.457 e. The Morgan fingerprint density at radius 2 is 1.20 bits per heavy atom. The largest absolute Gasteiger partial charge is 0.457 e. The predicted octanol–water partition coefficient (Wildman–Crippen LogP) is 6.98. The van der Waals surface area contributed by atoms with Crippen LogP contribution < -0.4 is 4.74 Å². The van der Waals surface area contributed by atoms with Crippen molar-refractivity contribution in [3.8, 4) is 11.5 Å². The van der Waals surface area contributed by atoms with E-state index in [4.69, 9.17) is 14.2 Å². The number of ether oxygens (including phenoxy) is 3. The van der Waals surface area contributed by atoms with Gasteiger partial charge in [0.15, 0.2) is 0 Å². The molecule has 0 aliphatic heterocycles. The second kappa shape index (κ2) is 15.6. The average molecular weight is 668 g/mol. The molecule has 0 saturated heterocycles. The van der Waals surface area contributed by atoms with Crippen LogP contribution in [-0.4, -0.2) is 55.7 Å². The molecular formula is C34H43BrN4O5. The van der Waals surface area contributed by atoms with Gasteiger partial charge < -0.3 is 33.6 Å². The van der Waals surface area contributed by atoms with E-state index in [2.05, 4.69) is 58.8 Å². The molecule has 0 spiro atoms. The second-order valence-corrected chi connectivity index (χ2v) is 12.1. The van der Waals surface area contributed by atoms with E-state index in [9.17, 15) is 10.2 Å². The second-order valence-electron chi connectivity index (χ2n) is 11.2. The maximum Gasteiger partial charge on any atom is 0.135 e. The van der Waals surface area contributed by atoms with Crippen LogP contribution in [0.25, 0.3) is 22.1 Å². The van der Waals surface area contributed by atoms with Gasteiger partial charge >= 0.3 is 0 Å².